The minimum absolute atomic E-state index is 0. The third kappa shape index (κ3) is 23.4. The lowest BCUT2D eigenvalue weighted by molar-refractivity contribution is -0.154. The first-order chi connectivity index (χ1) is 35.8. The van der Waals surface area contributed by atoms with Crippen LogP contribution in [0, 0.1) is 5.92 Å². The van der Waals surface area contributed by atoms with Crippen LogP contribution in [0.15, 0.2) is 46.6 Å². The second-order valence-electron chi connectivity index (χ2n) is 17.9. The molecule has 5 aliphatic heterocycles. The average molecular weight is 1120 g/mol. The van der Waals surface area contributed by atoms with E-state index in [0.29, 0.717) is 29.8 Å². The summed E-state index contributed by atoms with van der Waals surface area (Å²) in [6, 6.07) is -0.921. The van der Waals surface area contributed by atoms with Gasteiger partial charge in [0.05, 0.1) is 45.4 Å². The Labute approximate surface area is 451 Å². The number of esters is 3. The van der Waals surface area contributed by atoms with Gasteiger partial charge in [0, 0.05) is 89.6 Å². The fraction of sp³-hybridized carbons (Fsp3) is 0.617. The molecule has 17 N–H and O–H groups in total. The van der Waals surface area contributed by atoms with E-state index in [1.54, 1.807) is 41.9 Å². The minimum atomic E-state index is -1.39. The number of aliphatic hydroxyl groups excluding tert-OH is 4. The van der Waals surface area contributed by atoms with Gasteiger partial charge in [0.2, 0.25) is 29.5 Å². The van der Waals surface area contributed by atoms with Crippen molar-refractivity contribution in [3.05, 3.63) is 46.6 Å². The number of methoxy groups -OCH3 is 3. The Morgan fingerprint density at radius 2 is 0.872 bits per heavy atom. The summed E-state index contributed by atoms with van der Waals surface area (Å²) in [6.07, 6.45) is -1.19. The quantitative estimate of drug-likeness (QED) is 0.0714. The molecule has 0 aromatic heterocycles. The summed E-state index contributed by atoms with van der Waals surface area (Å²) < 4.78 is 13.7. The van der Waals surface area contributed by atoms with Gasteiger partial charge in [-0.1, -0.05) is 19.6 Å². The second-order valence-corrected chi connectivity index (χ2v) is 17.9. The van der Waals surface area contributed by atoms with Gasteiger partial charge in [-0.15, -0.1) is 0 Å². The predicted molar refractivity (Wildman–Crippen MR) is 276 cm³/mol. The number of hydrogen-bond acceptors (Lipinski definition) is 24. The van der Waals surface area contributed by atoms with E-state index in [2.05, 4.69) is 51.4 Å². The van der Waals surface area contributed by atoms with Crippen LogP contribution in [0.2, 0.25) is 0 Å². The average Bonchev–Trinajstić information content (AvgIpc) is 3.33. The zero-order chi connectivity index (χ0) is 59.2. The normalized spacial score (nSPS) is 27.6. The van der Waals surface area contributed by atoms with Gasteiger partial charge in [-0.3, -0.25) is 54.1 Å². The van der Waals surface area contributed by atoms with Gasteiger partial charge in [0.25, 0.3) is 0 Å². The molecule has 0 aromatic rings. The number of hydrogen-bond donors (Lipinski definition) is 15. The van der Waals surface area contributed by atoms with Gasteiger partial charge < -0.3 is 82.9 Å². The molecule has 78 heavy (non-hydrogen) atoms. The van der Waals surface area contributed by atoms with Crippen LogP contribution < -0.4 is 48.7 Å². The lowest BCUT2D eigenvalue weighted by Gasteiger charge is -2.36. The van der Waals surface area contributed by atoms with Crippen molar-refractivity contribution in [2.75, 3.05) is 75.2 Å². The van der Waals surface area contributed by atoms with Crippen LogP contribution in [0.3, 0.4) is 0 Å². The highest BCUT2D eigenvalue weighted by Gasteiger charge is 2.41. The number of nitrogens with two attached hydrogens (primary N) is 2. The summed E-state index contributed by atoms with van der Waals surface area (Å²) in [5.41, 5.74) is 13.1. The van der Waals surface area contributed by atoms with E-state index in [1.807, 2.05) is 0 Å². The van der Waals surface area contributed by atoms with E-state index in [4.69, 9.17) is 21.7 Å². The molecule has 0 bridgehead atoms. The van der Waals surface area contributed by atoms with Crippen molar-refractivity contribution in [2.45, 2.75) is 109 Å². The number of ether oxygens (including phenoxy) is 3. The minimum Gasteiger partial charge on any atom is -0.481 e. The van der Waals surface area contributed by atoms with E-state index in [9.17, 15) is 68.4 Å². The van der Waals surface area contributed by atoms with Gasteiger partial charge in [-0.2, -0.15) is 0 Å². The molecule has 442 valence electrons. The molecule has 5 rings (SSSR count). The summed E-state index contributed by atoms with van der Waals surface area (Å²) in [5, 5.41) is 74.1. The molecule has 0 saturated carbocycles. The number of amides is 5. The number of carboxylic acid groups (broad SMARTS) is 2. The molecule has 12 atom stereocenters. The van der Waals surface area contributed by atoms with Crippen LogP contribution in [0.4, 0.5) is 0 Å². The summed E-state index contributed by atoms with van der Waals surface area (Å²) >= 11 is 0. The number of aliphatic hydroxyl groups is 4. The maximum atomic E-state index is 11.3. The van der Waals surface area contributed by atoms with Crippen molar-refractivity contribution >= 4 is 59.4 Å². The molecule has 0 radical (unpaired) electrons. The number of rotatable bonds is 10. The van der Waals surface area contributed by atoms with Gasteiger partial charge in [-0.05, 0) is 33.3 Å². The molecule has 31 nitrogen and oxygen atoms in total. The smallest absolute Gasteiger partial charge is 0.334 e. The number of carbonyl (C=O) groups is 10. The van der Waals surface area contributed by atoms with Gasteiger partial charge >= 0.3 is 29.8 Å². The molecule has 1 saturated heterocycles. The van der Waals surface area contributed by atoms with Crippen LogP contribution in [0.25, 0.3) is 0 Å². The first-order valence-corrected chi connectivity index (χ1v) is 23.5. The zero-order valence-electron chi connectivity index (χ0n) is 44.8. The molecule has 5 aliphatic rings. The van der Waals surface area contributed by atoms with Crippen molar-refractivity contribution in [3.8, 4) is 0 Å². The van der Waals surface area contributed by atoms with Crippen molar-refractivity contribution < 1.29 is 92.8 Å². The molecule has 1 fully saturated rings. The Bertz CT molecular complexity index is 2180. The zero-order valence-corrected chi connectivity index (χ0v) is 44.8. The fourth-order valence-corrected chi connectivity index (χ4v) is 7.80. The molecule has 31 heteroatoms. The molecule has 12 unspecified atom stereocenters. The van der Waals surface area contributed by atoms with E-state index in [0.717, 1.165) is 0 Å². The number of carbonyl (C=O) groups excluding carboxylic acids is 8. The monoisotopic (exact) mass is 1120 g/mol. The predicted octanol–water partition coefficient (Wildman–Crippen LogP) is -6.97. The Morgan fingerprint density at radius 3 is 1.24 bits per heavy atom. The van der Waals surface area contributed by atoms with E-state index >= 15 is 0 Å². The summed E-state index contributed by atoms with van der Waals surface area (Å²) in [4.78, 5) is 115. The van der Waals surface area contributed by atoms with E-state index < -0.39 is 84.8 Å². The number of piperidine rings is 1. The highest BCUT2D eigenvalue weighted by Crippen LogP contribution is 2.18. The SMILES string of the molecule is C.CC(=O)NC1C(N)C=C(C(=O)O)CN1C.CC(=O)NC1NCC(C(=O)O)C(O)C1O.COC(=O)C1=CC(N)C(NC(C)=O)N(C)C1.COC(=O)C1=CC(O)C(NC(C)=O)N(C)C1.COC(=O)C1=CC(O)C(NC(C)=O)NC1. The molecule has 5 amide bonds. The molecule has 0 spiro atoms. The Balaban J connectivity index is 0.000000947. The first kappa shape index (κ1) is 71.2. The summed E-state index contributed by atoms with van der Waals surface area (Å²) in [6.45, 7) is 8.09. The van der Waals surface area contributed by atoms with Gasteiger partial charge in [0.15, 0.2) is 0 Å². The molecule has 0 aromatic carbocycles. The highest BCUT2D eigenvalue weighted by atomic mass is 16.5. The van der Waals surface area contributed by atoms with Crippen LogP contribution in [-0.4, -0.2) is 247 Å². The summed E-state index contributed by atoms with van der Waals surface area (Å²) in [7, 11) is 9.10. The number of aliphatic carboxylic acids is 2. The van der Waals surface area contributed by atoms with Gasteiger partial charge in [-0.25, -0.2) is 19.2 Å². The fourth-order valence-electron chi connectivity index (χ4n) is 7.80. The highest BCUT2D eigenvalue weighted by molar-refractivity contribution is 5.90. The second kappa shape index (κ2) is 34.2. The number of nitrogens with zero attached hydrogens (tertiary/aromatic N) is 3. The molecular weight excluding hydrogens is 1040 g/mol. The Kier molecular flexibility index (Phi) is 31.2. The maximum Gasteiger partial charge on any atom is 0.334 e. The third-order valence-corrected chi connectivity index (χ3v) is 11.5. The lowest BCUT2D eigenvalue weighted by Crippen LogP contribution is -2.64. The molecule has 0 aliphatic carbocycles. The third-order valence-electron chi connectivity index (χ3n) is 11.5. The van der Waals surface area contributed by atoms with Crippen LogP contribution in [0.5, 0.6) is 0 Å². The van der Waals surface area contributed by atoms with Crippen LogP contribution in [0.1, 0.15) is 42.0 Å². The Hall–Kier alpha value is -6.78. The van der Waals surface area contributed by atoms with Crippen molar-refractivity contribution in [3.63, 3.8) is 0 Å². The topological polar surface area (TPSA) is 466 Å². The van der Waals surface area contributed by atoms with Gasteiger partial charge in [0.1, 0.15) is 49.1 Å². The first-order valence-electron chi connectivity index (χ1n) is 23.5. The van der Waals surface area contributed by atoms with Crippen molar-refractivity contribution in [2.24, 2.45) is 17.4 Å². The largest absolute Gasteiger partial charge is 0.481 e. The van der Waals surface area contributed by atoms with Crippen molar-refractivity contribution in [1.29, 1.82) is 0 Å². The van der Waals surface area contributed by atoms with Crippen LogP contribution in [-0.2, 0) is 62.2 Å². The molecule has 5 heterocycles. The van der Waals surface area contributed by atoms with Crippen molar-refractivity contribution in [1.82, 2.24) is 51.9 Å². The molecular formula is C47H80N12O19. The van der Waals surface area contributed by atoms with E-state index in [1.165, 1.54) is 74.2 Å². The number of carboxylic acids is 2. The number of nitrogens with one attached hydrogen (secondary N) is 7. The maximum absolute atomic E-state index is 11.3. The lowest BCUT2D eigenvalue weighted by atomic mass is 9.92. The van der Waals surface area contributed by atoms with Crippen LogP contribution >= 0.6 is 0 Å². The summed E-state index contributed by atoms with van der Waals surface area (Å²) in [5.74, 6) is -5.74. The number of likely N-dealkylation sites (N-methyl/N-ethyl adjacent to an activating group) is 3. The Morgan fingerprint density at radius 1 is 0.513 bits per heavy atom. The standard InChI is InChI=1S/C10H17N3O3.C10H16N2O4.C9H15N3O3.C9H14N2O4.C8H14N2O5.CH4/c1-6(14)12-9-8(11)4-7(5-13(9)2)10(15)16-3;1-6(13)11-9-8(14)4-7(5-12(9)2)10(15)16-3;1-5(13)11-8-7(10)3-6(9(14)15)4-12(8)2;1-5(12)11-8-7(13)3-6(4-10-8)9(14)15-2;1-3(11)10-7-6(13)5(12)4(2-9-7)8(14)15;/h4,8-9H,5,11H2,1-3H3,(H,12,14);4,8-9,14H,5H2,1-3H3,(H,11,13);3,7-8H,4,10H2,1-2H3,(H,11,13)(H,14,15);3,7-8,10,13H,4H2,1-2H3,(H,11,12);4-7,9,12-13H,2H2,1H3,(H,10,11)(H,14,15);1H4. The van der Waals surface area contributed by atoms with E-state index in [-0.39, 0.29) is 80.5 Å².